The molecule has 1 aromatic carbocycles. The zero-order valence-electron chi connectivity index (χ0n) is 11.2. The number of imidazole rings is 1. The molecule has 0 bridgehead atoms. The molecule has 0 radical (unpaired) electrons. The Morgan fingerprint density at radius 1 is 1.25 bits per heavy atom. The Balaban J connectivity index is 2.13. The number of ether oxygens (including phenoxy) is 1. The summed E-state index contributed by atoms with van der Waals surface area (Å²) in [6.45, 7) is 0. The molecule has 0 unspecified atom stereocenters. The third-order valence-corrected chi connectivity index (χ3v) is 3.23. The summed E-state index contributed by atoms with van der Waals surface area (Å²) in [4.78, 5) is 8.66. The summed E-state index contributed by atoms with van der Waals surface area (Å²) in [6.07, 6.45) is 3.34. The topological polar surface area (TPSA) is 63.7 Å². The molecule has 0 saturated heterocycles. The van der Waals surface area contributed by atoms with Gasteiger partial charge in [-0.1, -0.05) is 6.07 Å². The molecule has 5 heteroatoms. The van der Waals surface area contributed by atoms with Crippen molar-refractivity contribution in [3.05, 3.63) is 42.4 Å². The average Bonchev–Trinajstić information content (AvgIpc) is 2.87. The molecule has 0 aliphatic heterocycles. The van der Waals surface area contributed by atoms with E-state index in [2.05, 4.69) is 16.0 Å². The molecule has 0 amide bonds. The Morgan fingerprint density at radius 3 is 2.85 bits per heavy atom. The fourth-order valence-corrected chi connectivity index (χ4v) is 2.15. The van der Waals surface area contributed by atoms with Crippen molar-refractivity contribution in [1.29, 1.82) is 5.26 Å². The van der Waals surface area contributed by atoms with E-state index in [1.165, 1.54) is 7.11 Å². The van der Waals surface area contributed by atoms with E-state index < -0.39 is 0 Å². The van der Waals surface area contributed by atoms with Crippen LogP contribution in [0.5, 0.6) is 5.75 Å². The van der Waals surface area contributed by atoms with E-state index in [-0.39, 0.29) is 0 Å². The van der Waals surface area contributed by atoms with Crippen molar-refractivity contribution in [3.63, 3.8) is 0 Å². The van der Waals surface area contributed by atoms with Gasteiger partial charge in [-0.25, -0.2) is 4.98 Å². The minimum absolute atomic E-state index is 0.471. The number of nitriles is 1. The number of nitrogens with zero attached hydrogens (tertiary/aromatic N) is 4. The highest BCUT2D eigenvalue weighted by Crippen LogP contribution is 2.25. The van der Waals surface area contributed by atoms with E-state index in [4.69, 9.17) is 10.00 Å². The predicted molar refractivity (Wildman–Crippen MR) is 75.2 cm³/mol. The van der Waals surface area contributed by atoms with Crippen LogP contribution in [0.4, 0.5) is 0 Å². The Morgan fingerprint density at radius 2 is 2.10 bits per heavy atom. The van der Waals surface area contributed by atoms with Gasteiger partial charge >= 0.3 is 0 Å². The molecule has 0 fully saturated rings. The first kappa shape index (κ1) is 12.2. The van der Waals surface area contributed by atoms with E-state index in [0.717, 1.165) is 22.3 Å². The molecule has 3 aromatic rings. The fraction of sp³-hybridized carbons (Fsp3) is 0.133. The lowest BCUT2D eigenvalue weighted by Gasteiger charge is -2.05. The SMILES string of the molecule is COc1cnc(-c2ccc3c(c2)ncn3C)cc1C#N. The van der Waals surface area contributed by atoms with Gasteiger partial charge in [0.05, 0.1) is 41.9 Å². The molecule has 3 rings (SSSR count). The Labute approximate surface area is 116 Å². The van der Waals surface area contributed by atoms with Gasteiger partial charge in [0, 0.05) is 12.6 Å². The average molecular weight is 264 g/mol. The molecule has 2 heterocycles. The highest BCUT2D eigenvalue weighted by atomic mass is 16.5. The number of fused-ring (bicyclic) bond motifs is 1. The molecule has 5 nitrogen and oxygen atoms in total. The number of benzene rings is 1. The third-order valence-electron chi connectivity index (χ3n) is 3.23. The van der Waals surface area contributed by atoms with Crippen molar-refractivity contribution in [2.75, 3.05) is 7.11 Å². The minimum atomic E-state index is 0.471. The lowest BCUT2D eigenvalue weighted by molar-refractivity contribution is 0.411. The van der Waals surface area contributed by atoms with Crippen LogP contribution in [0.3, 0.4) is 0 Å². The maximum Gasteiger partial charge on any atom is 0.154 e. The van der Waals surface area contributed by atoms with Crippen LogP contribution in [0, 0.1) is 11.3 Å². The summed E-state index contributed by atoms with van der Waals surface area (Å²) in [5.41, 5.74) is 4.09. The first-order valence-corrected chi connectivity index (χ1v) is 6.08. The molecule has 0 aliphatic rings. The zero-order valence-corrected chi connectivity index (χ0v) is 11.2. The van der Waals surface area contributed by atoms with E-state index >= 15 is 0 Å². The Bertz CT molecular complexity index is 829. The van der Waals surface area contributed by atoms with E-state index in [0.29, 0.717) is 11.3 Å². The van der Waals surface area contributed by atoms with E-state index in [1.807, 2.05) is 29.8 Å². The smallest absolute Gasteiger partial charge is 0.154 e. The fourth-order valence-electron chi connectivity index (χ4n) is 2.15. The van der Waals surface area contributed by atoms with Gasteiger partial charge in [-0.2, -0.15) is 5.26 Å². The third kappa shape index (κ3) is 1.88. The number of methoxy groups -OCH3 is 1. The zero-order chi connectivity index (χ0) is 14.1. The second kappa shape index (κ2) is 4.67. The number of pyridine rings is 1. The van der Waals surface area contributed by atoms with Crippen molar-refractivity contribution in [2.24, 2.45) is 7.05 Å². The summed E-state index contributed by atoms with van der Waals surface area (Å²) in [5, 5.41) is 9.12. The van der Waals surface area contributed by atoms with Gasteiger partial charge in [-0.3, -0.25) is 4.98 Å². The predicted octanol–water partition coefficient (Wildman–Crippen LogP) is 2.52. The van der Waals surface area contributed by atoms with Crippen LogP contribution in [0.1, 0.15) is 5.56 Å². The van der Waals surface area contributed by atoms with Gasteiger partial charge < -0.3 is 9.30 Å². The monoisotopic (exact) mass is 264 g/mol. The quantitative estimate of drug-likeness (QED) is 0.713. The second-order valence-corrected chi connectivity index (χ2v) is 4.44. The largest absolute Gasteiger partial charge is 0.494 e. The number of aromatic nitrogens is 3. The normalized spacial score (nSPS) is 10.4. The number of rotatable bonds is 2. The highest BCUT2D eigenvalue weighted by molar-refractivity contribution is 5.81. The highest BCUT2D eigenvalue weighted by Gasteiger charge is 2.08. The van der Waals surface area contributed by atoms with Crippen molar-refractivity contribution < 1.29 is 4.74 Å². The molecular formula is C15H12N4O. The second-order valence-electron chi connectivity index (χ2n) is 4.44. The van der Waals surface area contributed by atoms with E-state index in [1.54, 1.807) is 18.6 Å². The van der Waals surface area contributed by atoms with Gasteiger partial charge in [-0.05, 0) is 18.2 Å². The molecule has 0 aliphatic carbocycles. The summed E-state index contributed by atoms with van der Waals surface area (Å²) < 4.78 is 7.06. The minimum Gasteiger partial charge on any atom is -0.494 e. The van der Waals surface area contributed by atoms with Gasteiger partial charge in [0.2, 0.25) is 0 Å². The maximum atomic E-state index is 9.12. The first-order chi connectivity index (χ1) is 9.72. The lowest BCUT2D eigenvalue weighted by Crippen LogP contribution is -1.92. The van der Waals surface area contributed by atoms with Crippen LogP contribution in [-0.2, 0) is 7.05 Å². The standard InChI is InChI=1S/C15H12N4O/c1-19-9-18-13-5-10(3-4-14(13)19)12-6-11(7-16)15(20-2)8-17-12/h3-6,8-9H,1-2H3. The molecule has 0 N–H and O–H groups in total. The van der Waals surface area contributed by atoms with Crippen molar-refractivity contribution >= 4 is 11.0 Å². The van der Waals surface area contributed by atoms with Gasteiger partial charge in [-0.15, -0.1) is 0 Å². The van der Waals surface area contributed by atoms with Gasteiger partial charge in [0.1, 0.15) is 6.07 Å². The molecule has 20 heavy (non-hydrogen) atoms. The lowest BCUT2D eigenvalue weighted by atomic mass is 10.1. The molecular weight excluding hydrogens is 252 g/mol. The van der Waals surface area contributed by atoms with Gasteiger partial charge in [0.25, 0.3) is 0 Å². The van der Waals surface area contributed by atoms with Crippen LogP contribution >= 0.6 is 0 Å². The summed E-state index contributed by atoms with van der Waals surface area (Å²) in [7, 11) is 3.48. The first-order valence-electron chi connectivity index (χ1n) is 6.08. The molecule has 0 spiro atoms. The van der Waals surface area contributed by atoms with Crippen molar-refractivity contribution in [3.8, 4) is 23.1 Å². The number of hydrogen-bond donors (Lipinski definition) is 0. The van der Waals surface area contributed by atoms with E-state index in [9.17, 15) is 0 Å². The van der Waals surface area contributed by atoms with Gasteiger partial charge in [0.15, 0.2) is 5.75 Å². The Kier molecular flexibility index (Phi) is 2.84. The van der Waals surface area contributed by atoms with Crippen LogP contribution in [0.25, 0.3) is 22.3 Å². The summed E-state index contributed by atoms with van der Waals surface area (Å²) >= 11 is 0. The van der Waals surface area contributed by atoms with Crippen molar-refractivity contribution in [1.82, 2.24) is 14.5 Å². The van der Waals surface area contributed by atoms with Crippen LogP contribution in [-0.4, -0.2) is 21.6 Å². The number of aryl methyl sites for hydroxylation is 1. The van der Waals surface area contributed by atoms with Crippen molar-refractivity contribution in [2.45, 2.75) is 0 Å². The molecule has 98 valence electrons. The molecule has 0 atom stereocenters. The molecule has 0 saturated carbocycles. The number of hydrogen-bond acceptors (Lipinski definition) is 4. The summed E-state index contributed by atoms with van der Waals surface area (Å²) in [5.74, 6) is 0.482. The molecule has 2 aromatic heterocycles. The maximum absolute atomic E-state index is 9.12. The van der Waals surface area contributed by atoms with Crippen LogP contribution in [0.15, 0.2) is 36.8 Å². The van der Waals surface area contributed by atoms with Crippen LogP contribution in [0.2, 0.25) is 0 Å². The van der Waals surface area contributed by atoms with Crippen LogP contribution < -0.4 is 4.74 Å². The summed E-state index contributed by atoms with van der Waals surface area (Å²) in [6, 6.07) is 9.77. The Hall–Kier alpha value is -2.87.